The third-order valence-electron chi connectivity index (χ3n) is 3.36. The highest BCUT2D eigenvalue weighted by molar-refractivity contribution is 7.80. The summed E-state index contributed by atoms with van der Waals surface area (Å²) in [6.45, 7) is 5.06. The van der Waals surface area contributed by atoms with Crippen molar-refractivity contribution >= 4 is 12.6 Å². The summed E-state index contributed by atoms with van der Waals surface area (Å²) in [6, 6.07) is 0.786. The van der Waals surface area contributed by atoms with E-state index in [4.69, 9.17) is 4.74 Å². The highest BCUT2D eigenvalue weighted by atomic mass is 32.1. The molecule has 0 radical (unpaired) electrons. The van der Waals surface area contributed by atoms with Gasteiger partial charge in [0.2, 0.25) is 0 Å². The fraction of sp³-hybridized carbons (Fsp3) is 1.00. The quantitative estimate of drug-likeness (QED) is 0.557. The second kappa shape index (κ2) is 7.53. The van der Waals surface area contributed by atoms with Crippen LogP contribution in [0.5, 0.6) is 0 Å². The molecule has 1 aliphatic rings. The molecule has 0 aliphatic heterocycles. The highest BCUT2D eigenvalue weighted by Gasteiger charge is 2.21. The van der Waals surface area contributed by atoms with Gasteiger partial charge in [0.1, 0.15) is 0 Å². The van der Waals surface area contributed by atoms with Crippen LogP contribution in [0.2, 0.25) is 0 Å². The average molecular weight is 231 g/mol. The van der Waals surface area contributed by atoms with E-state index in [1.807, 2.05) is 0 Å². The van der Waals surface area contributed by atoms with Crippen molar-refractivity contribution < 1.29 is 4.74 Å². The van der Waals surface area contributed by atoms with Crippen molar-refractivity contribution in [2.75, 3.05) is 32.6 Å². The van der Waals surface area contributed by atoms with Crippen LogP contribution >= 0.6 is 12.6 Å². The minimum Gasteiger partial charge on any atom is -0.379 e. The topological polar surface area (TPSA) is 12.5 Å². The van der Waals surface area contributed by atoms with Gasteiger partial charge in [0, 0.05) is 18.3 Å². The lowest BCUT2D eigenvalue weighted by molar-refractivity contribution is 0.0919. The SMILES string of the molecule is CC1CCCC(N(C)CCOCCS)C1. The van der Waals surface area contributed by atoms with E-state index in [0.29, 0.717) is 0 Å². The smallest absolute Gasteiger partial charge is 0.0593 e. The number of hydrogen-bond acceptors (Lipinski definition) is 3. The molecule has 0 N–H and O–H groups in total. The van der Waals surface area contributed by atoms with E-state index < -0.39 is 0 Å². The van der Waals surface area contributed by atoms with Gasteiger partial charge in [-0.3, -0.25) is 0 Å². The fourth-order valence-electron chi connectivity index (χ4n) is 2.36. The molecule has 0 bridgehead atoms. The van der Waals surface area contributed by atoms with E-state index in [2.05, 4.69) is 31.5 Å². The Morgan fingerprint density at radius 1 is 1.33 bits per heavy atom. The lowest BCUT2D eigenvalue weighted by Gasteiger charge is -2.34. The molecule has 0 aromatic heterocycles. The Morgan fingerprint density at radius 2 is 2.13 bits per heavy atom. The predicted octanol–water partition coefficient (Wildman–Crippen LogP) is 2.44. The third kappa shape index (κ3) is 5.23. The van der Waals surface area contributed by atoms with Gasteiger partial charge in [0.05, 0.1) is 13.2 Å². The molecule has 90 valence electrons. The predicted molar refractivity (Wildman–Crippen MR) is 68.7 cm³/mol. The molecule has 2 unspecified atom stereocenters. The number of thiol groups is 1. The molecule has 0 aromatic carbocycles. The number of nitrogens with zero attached hydrogens (tertiary/aromatic N) is 1. The van der Waals surface area contributed by atoms with E-state index in [0.717, 1.165) is 37.5 Å². The van der Waals surface area contributed by atoms with Gasteiger partial charge in [0.15, 0.2) is 0 Å². The van der Waals surface area contributed by atoms with Crippen LogP contribution in [0.15, 0.2) is 0 Å². The van der Waals surface area contributed by atoms with E-state index in [1.165, 1.54) is 25.7 Å². The zero-order chi connectivity index (χ0) is 11.1. The van der Waals surface area contributed by atoms with Crippen molar-refractivity contribution in [1.29, 1.82) is 0 Å². The molecule has 0 heterocycles. The van der Waals surface area contributed by atoms with Gasteiger partial charge < -0.3 is 9.64 Å². The summed E-state index contributed by atoms with van der Waals surface area (Å²) in [5.41, 5.74) is 0. The summed E-state index contributed by atoms with van der Waals surface area (Å²) in [6.07, 6.45) is 5.55. The van der Waals surface area contributed by atoms with Crippen LogP contribution in [0.1, 0.15) is 32.6 Å². The molecule has 0 saturated heterocycles. The molecule has 0 spiro atoms. The molecule has 15 heavy (non-hydrogen) atoms. The zero-order valence-corrected chi connectivity index (χ0v) is 11.0. The number of likely N-dealkylation sites (N-methyl/N-ethyl adjacent to an activating group) is 1. The molecule has 0 aromatic rings. The first-order valence-corrected chi connectivity index (χ1v) is 6.76. The Hall–Kier alpha value is 0.270. The van der Waals surface area contributed by atoms with Crippen LogP contribution in [0.25, 0.3) is 0 Å². The summed E-state index contributed by atoms with van der Waals surface area (Å²) >= 11 is 4.12. The second-order valence-corrected chi connectivity index (χ2v) is 5.19. The Balaban J connectivity index is 2.12. The molecular weight excluding hydrogens is 206 g/mol. The molecule has 1 aliphatic carbocycles. The van der Waals surface area contributed by atoms with Gasteiger partial charge in [-0.05, 0) is 25.8 Å². The van der Waals surface area contributed by atoms with Crippen molar-refractivity contribution in [2.45, 2.75) is 38.6 Å². The molecular formula is C12H25NOS. The normalized spacial score (nSPS) is 27.2. The van der Waals surface area contributed by atoms with Crippen molar-refractivity contribution in [2.24, 2.45) is 5.92 Å². The fourth-order valence-corrected chi connectivity index (χ4v) is 2.49. The molecule has 2 atom stereocenters. The second-order valence-electron chi connectivity index (χ2n) is 4.74. The van der Waals surface area contributed by atoms with Crippen LogP contribution < -0.4 is 0 Å². The van der Waals surface area contributed by atoms with Gasteiger partial charge >= 0.3 is 0 Å². The zero-order valence-electron chi connectivity index (χ0n) is 10.1. The first-order chi connectivity index (χ1) is 7.24. The van der Waals surface area contributed by atoms with Crippen molar-refractivity contribution in [3.8, 4) is 0 Å². The third-order valence-corrected chi connectivity index (χ3v) is 3.54. The maximum Gasteiger partial charge on any atom is 0.0593 e. The molecule has 0 amide bonds. The monoisotopic (exact) mass is 231 g/mol. The summed E-state index contributed by atoms with van der Waals surface area (Å²) in [4.78, 5) is 2.47. The van der Waals surface area contributed by atoms with Crippen molar-refractivity contribution in [1.82, 2.24) is 4.90 Å². The van der Waals surface area contributed by atoms with Crippen LogP contribution in [0.3, 0.4) is 0 Å². The van der Waals surface area contributed by atoms with E-state index in [-0.39, 0.29) is 0 Å². The molecule has 1 rings (SSSR count). The number of rotatable bonds is 6. The van der Waals surface area contributed by atoms with Crippen LogP contribution in [0.4, 0.5) is 0 Å². The summed E-state index contributed by atoms with van der Waals surface area (Å²) in [5.74, 6) is 1.73. The highest BCUT2D eigenvalue weighted by Crippen LogP contribution is 2.26. The molecule has 1 saturated carbocycles. The van der Waals surface area contributed by atoms with Crippen molar-refractivity contribution in [3.63, 3.8) is 0 Å². The largest absolute Gasteiger partial charge is 0.379 e. The maximum absolute atomic E-state index is 5.45. The Labute approximate surface area is 99.8 Å². The summed E-state index contributed by atoms with van der Waals surface area (Å²) in [7, 11) is 2.23. The summed E-state index contributed by atoms with van der Waals surface area (Å²) < 4.78 is 5.45. The Morgan fingerprint density at radius 3 is 2.80 bits per heavy atom. The average Bonchev–Trinajstić information content (AvgIpc) is 2.24. The first-order valence-electron chi connectivity index (χ1n) is 6.13. The van der Waals surface area contributed by atoms with Gasteiger partial charge in [-0.2, -0.15) is 12.6 Å². The molecule has 2 nitrogen and oxygen atoms in total. The Bertz CT molecular complexity index is 166. The lowest BCUT2D eigenvalue weighted by atomic mass is 9.86. The number of ether oxygens (including phenoxy) is 1. The van der Waals surface area contributed by atoms with Gasteiger partial charge in [-0.1, -0.05) is 19.8 Å². The van der Waals surface area contributed by atoms with E-state index >= 15 is 0 Å². The number of hydrogen-bond donors (Lipinski definition) is 1. The van der Waals surface area contributed by atoms with Crippen LogP contribution in [0, 0.1) is 5.92 Å². The molecule has 3 heteroatoms. The first kappa shape index (κ1) is 13.3. The van der Waals surface area contributed by atoms with Gasteiger partial charge in [-0.15, -0.1) is 0 Å². The van der Waals surface area contributed by atoms with Crippen LogP contribution in [-0.4, -0.2) is 43.5 Å². The minimum absolute atomic E-state index is 0.776. The lowest BCUT2D eigenvalue weighted by Crippen LogP contribution is -2.37. The molecule has 1 fully saturated rings. The van der Waals surface area contributed by atoms with E-state index in [1.54, 1.807) is 0 Å². The van der Waals surface area contributed by atoms with E-state index in [9.17, 15) is 0 Å². The van der Waals surface area contributed by atoms with Crippen LogP contribution in [-0.2, 0) is 4.74 Å². The van der Waals surface area contributed by atoms with Gasteiger partial charge in [0.25, 0.3) is 0 Å². The minimum atomic E-state index is 0.776. The summed E-state index contributed by atoms with van der Waals surface area (Å²) in [5, 5.41) is 0. The van der Waals surface area contributed by atoms with Crippen molar-refractivity contribution in [3.05, 3.63) is 0 Å². The standard InChI is InChI=1S/C12H25NOS/c1-11-4-3-5-12(10-11)13(2)6-7-14-8-9-15/h11-12,15H,3-10H2,1-2H3. The van der Waals surface area contributed by atoms with Gasteiger partial charge in [-0.25, -0.2) is 0 Å². The maximum atomic E-state index is 5.45. The Kier molecular flexibility index (Phi) is 6.69.